The van der Waals surface area contributed by atoms with Crippen molar-refractivity contribution in [2.45, 2.75) is 19.4 Å². The molecule has 0 heterocycles. The van der Waals surface area contributed by atoms with Gasteiger partial charge in [0.25, 0.3) is 0 Å². The Hall–Kier alpha value is -1.59. The molecule has 5 nitrogen and oxygen atoms in total. The molecule has 5 heteroatoms. The molecule has 106 valence electrons. The van der Waals surface area contributed by atoms with E-state index >= 15 is 0 Å². The molecule has 1 unspecified atom stereocenters. The van der Waals surface area contributed by atoms with Crippen LogP contribution in [0.2, 0.25) is 0 Å². The zero-order valence-electron chi connectivity index (χ0n) is 11.5. The van der Waals surface area contributed by atoms with Gasteiger partial charge in [-0.15, -0.1) is 0 Å². The first-order valence-electron chi connectivity index (χ1n) is 6.36. The van der Waals surface area contributed by atoms with E-state index in [2.05, 4.69) is 5.32 Å². The van der Waals surface area contributed by atoms with Gasteiger partial charge in [0.2, 0.25) is 5.91 Å². The lowest BCUT2D eigenvalue weighted by Gasteiger charge is -2.15. The van der Waals surface area contributed by atoms with Crippen LogP contribution in [0.25, 0.3) is 0 Å². The smallest absolute Gasteiger partial charge is 0.246 e. The number of hydrogen-bond donors (Lipinski definition) is 2. The van der Waals surface area contributed by atoms with E-state index < -0.39 is 0 Å². The highest BCUT2D eigenvalue weighted by Gasteiger charge is 2.10. The van der Waals surface area contributed by atoms with E-state index in [0.717, 1.165) is 11.3 Å². The standard InChI is InChI=1S/C14H22N2O3/c1-11(16-14(17)10-19-8-7-15)9-12-5-3-4-6-13(12)18-2/h3-6,11H,7-10,15H2,1-2H3,(H,16,17). The number of nitrogens with two attached hydrogens (primary N) is 1. The van der Waals surface area contributed by atoms with Gasteiger partial charge in [0.15, 0.2) is 0 Å². The highest BCUT2D eigenvalue weighted by molar-refractivity contribution is 5.77. The molecule has 0 saturated heterocycles. The van der Waals surface area contributed by atoms with Gasteiger partial charge in [-0.05, 0) is 25.0 Å². The summed E-state index contributed by atoms with van der Waals surface area (Å²) in [4.78, 5) is 11.6. The summed E-state index contributed by atoms with van der Waals surface area (Å²) in [5.74, 6) is 0.707. The topological polar surface area (TPSA) is 73.6 Å². The van der Waals surface area contributed by atoms with Crippen molar-refractivity contribution in [2.75, 3.05) is 26.9 Å². The summed E-state index contributed by atoms with van der Waals surface area (Å²) in [5, 5.41) is 2.88. The average Bonchev–Trinajstić information content (AvgIpc) is 2.39. The predicted molar refractivity (Wildman–Crippen MR) is 74.2 cm³/mol. The molecule has 0 saturated carbocycles. The second-order valence-corrected chi connectivity index (χ2v) is 4.33. The van der Waals surface area contributed by atoms with Gasteiger partial charge in [0.1, 0.15) is 12.4 Å². The molecule has 0 aliphatic carbocycles. The van der Waals surface area contributed by atoms with Crippen LogP contribution in [0.4, 0.5) is 0 Å². The van der Waals surface area contributed by atoms with Crippen molar-refractivity contribution in [3.05, 3.63) is 29.8 Å². The minimum atomic E-state index is -0.129. The number of methoxy groups -OCH3 is 1. The third kappa shape index (κ3) is 5.72. The van der Waals surface area contributed by atoms with E-state index in [1.165, 1.54) is 0 Å². The first-order chi connectivity index (χ1) is 9.17. The molecule has 0 radical (unpaired) electrons. The lowest BCUT2D eigenvalue weighted by atomic mass is 10.1. The summed E-state index contributed by atoms with van der Waals surface area (Å²) in [7, 11) is 1.64. The molecule has 1 aromatic rings. The molecule has 19 heavy (non-hydrogen) atoms. The number of carbonyl (C=O) groups is 1. The van der Waals surface area contributed by atoms with Crippen molar-refractivity contribution < 1.29 is 14.3 Å². The molecule has 1 rings (SSSR count). The van der Waals surface area contributed by atoms with Crippen LogP contribution in [0, 0.1) is 0 Å². The van der Waals surface area contributed by atoms with Crippen molar-refractivity contribution >= 4 is 5.91 Å². The zero-order chi connectivity index (χ0) is 14.1. The van der Waals surface area contributed by atoms with E-state index in [1.54, 1.807) is 7.11 Å². The van der Waals surface area contributed by atoms with Gasteiger partial charge in [-0.1, -0.05) is 18.2 Å². The monoisotopic (exact) mass is 266 g/mol. The lowest BCUT2D eigenvalue weighted by Crippen LogP contribution is -2.37. The fourth-order valence-electron chi connectivity index (χ4n) is 1.82. The van der Waals surface area contributed by atoms with Crippen LogP contribution in [0.5, 0.6) is 5.75 Å². The highest BCUT2D eigenvalue weighted by Crippen LogP contribution is 2.18. The number of rotatable bonds is 8. The molecule has 3 N–H and O–H groups in total. The van der Waals surface area contributed by atoms with Gasteiger partial charge in [0.05, 0.1) is 13.7 Å². The van der Waals surface area contributed by atoms with Crippen molar-refractivity contribution in [1.82, 2.24) is 5.32 Å². The van der Waals surface area contributed by atoms with Crippen molar-refractivity contribution in [2.24, 2.45) is 5.73 Å². The molecule has 1 aromatic carbocycles. The number of carbonyl (C=O) groups excluding carboxylic acids is 1. The summed E-state index contributed by atoms with van der Waals surface area (Å²) in [6.07, 6.45) is 0.715. The third-order valence-electron chi connectivity index (χ3n) is 2.62. The normalized spacial score (nSPS) is 11.9. The second kappa shape index (κ2) is 8.50. The molecule has 0 aromatic heterocycles. The fraction of sp³-hybridized carbons (Fsp3) is 0.500. The van der Waals surface area contributed by atoms with Crippen LogP contribution >= 0.6 is 0 Å². The van der Waals surface area contributed by atoms with Crippen LogP contribution in [-0.4, -0.2) is 38.8 Å². The maximum absolute atomic E-state index is 11.6. The molecular formula is C14H22N2O3. The lowest BCUT2D eigenvalue weighted by molar-refractivity contribution is -0.126. The van der Waals surface area contributed by atoms with Crippen LogP contribution in [0.1, 0.15) is 12.5 Å². The quantitative estimate of drug-likeness (QED) is 0.680. The van der Waals surface area contributed by atoms with E-state index in [9.17, 15) is 4.79 Å². The SMILES string of the molecule is COc1ccccc1CC(C)NC(=O)COCCN. The van der Waals surface area contributed by atoms with Crippen molar-refractivity contribution in [3.8, 4) is 5.75 Å². The molecule has 1 atom stereocenters. The Balaban J connectivity index is 2.42. The van der Waals surface area contributed by atoms with Gasteiger partial charge in [0, 0.05) is 12.6 Å². The van der Waals surface area contributed by atoms with E-state index in [0.29, 0.717) is 19.6 Å². The number of benzene rings is 1. The highest BCUT2D eigenvalue weighted by atomic mass is 16.5. The summed E-state index contributed by atoms with van der Waals surface area (Å²) in [6.45, 7) is 2.82. The number of nitrogens with one attached hydrogen (secondary N) is 1. The van der Waals surface area contributed by atoms with Crippen LogP contribution in [0.3, 0.4) is 0 Å². The Morgan fingerprint density at radius 2 is 2.16 bits per heavy atom. The maximum Gasteiger partial charge on any atom is 0.246 e. The van der Waals surface area contributed by atoms with Crippen molar-refractivity contribution in [1.29, 1.82) is 0 Å². The van der Waals surface area contributed by atoms with Gasteiger partial charge in [-0.3, -0.25) is 4.79 Å². The van der Waals surface area contributed by atoms with E-state index in [-0.39, 0.29) is 18.6 Å². The average molecular weight is 266 g/mol. The Kier molecular flexibility index (Phi) is 6.92. The number of ether oxygens (including phenoxy) is 2. The molecule has 0 spiro atoms. The Morgan fingerprint density at radius 1 is 1.42 bits per heavy atom. The van der Waals surface area contributed by atoms with Crippen LogP contribution < -0.4 is 15.8 Å². The third-order valence-corrected chi connectivity index (χ3v) is 2.62. The number of amides is 1. The molecule has 0 aliphatic heterocycles. The number of hydrogen-bond acceptors (Lipinski definition) is 4. The summed E-state index contributed by atoms with van der Waals surface area (Å²) < 4.78 is 10.4. The molecule has 0 bridgehead atoms. The molecular weight excluding hydrogens is 244 g/mol. The first kappa shape index (κ1) is 15.5. The largest absolute Gasteiger partial charge is 0.496 e. The zero-order valence-corrected chi connectivity index (χ0v) is 11.5. The minimum absolute atomic E-state index is 0.0188. The summed E-state index contributed by atoms with van der Waals surface area (Å²) >= 11 is 0. The molecule has 0 aliphatic rings. The Labute approximate surface area is 114 Å². The Morgan fingerprint density at radius 3 is 2.84 bits per heavy atom. The van der Waals surface area contributed by atoms with Gasteiger partial charge in [-0.25, -0.2) is 0 Å². The summed E-state index contributed by atoms with van der Waals surface area (Å²) in [6, 6.07) is 7.80. The van der Waals surface area contributed by atoms with E-state index in [1.807, 2.05) is 31.2 Å². The van der Waals surface area contributed by atoms with Crippen molar-refractivity contribution in [3.63, 3.8) is 0 Å². The predicted octanol–water partition coefficient (Wildman–Crippen LogP) is 0.718. The Bertz CT molecular complexity index is 396. The van der Waals surface area contributed by atoms with E-state index in [4.69, 9.17) is 15.2 Å². The van der Waals surface area contributed by atoms with Crippen LogP contribution in [0.15, 0.2) is 24.3 Å². The second-order valence-electron chi connectivity index (χ2n) is 4.33. The van der Waals surface area contributed by atoms with Gasteiger partial charge in [-0.2, -0.15) is 0 Å². The number of para-hydroxylation sites is 1. The van der Waals surface area contributed by atoms with Gasteiger partial charge >= 0.3 is 0 Å². The molecule has 0 fully saturated rings. The van der Waals surface area contributed by atoms with Gasteiger partial charge < -0.3 is 20.5 Å². The van der Waals surface area contributed by atoms with Crippen LogP contribution in [-0.2, 0) is 16.0 Å². The fourth-order valence-corrected chi connectivity index (χ4v) is 1.82. The maximum atomic E-state index is 11.6. The summed E-state index contributed by atoms with van der Waals surface area (Å²) in [5.41, 5.74) is 6.35. The first-order valence-corrected chi connectivity index (χ1v) is 6.36. The minimum Gasteiger partial charge on any atom is -0.496 e. The molecule has 1 amide bonds.